The van der Waals surface area contributed by atoms with Gasteiger partial charge in [0.1, 0.15) is 16.5 Å². The predicted octanol–water partition coefficient (Wildman–Crippen LogP) is 5.33. The summed E-state index contributed by atoms with van der Waals surface area (Å²) in [4.78, 5) is 13.2. The summed E-state index contributed by atoms with van der Waals surface area (Å²) in [5, 5.41) is 13.1. The summed E-state index contributed by atoms with van der Waals surface area (Å²) in [6.07, 6.45) is 8.40. The van der Waals surface area contributed by atoms with Gasteiger partial charge in [-0.05, 0) is 55.5 Å². The lowest BCUT2D eigenvalue weighted by Gasteiger charge is -2.14. The summed E-state index contributed by atoms with van der Waals surface area (Å²) in [6, 6.07) is 4.14. The van der Waals surface area contributed by atoms with E-state index in [1.54, 1.807) is 34.4 Å². The molecule has 0 radical (unpaired) electrons. The van der Waals surface area contributed by atoms with Gasteiger partial charge >= 0.3 is 0 Å². The minimum absolute atomic E-state index is 0.212. The van der Waals surface area contributed by atoms with Gasteiger partial charge in [0.25, 0.3) is 0 Å². The molecule has 1 atom stereocenters. The van der Waals surface area contributed by atoms with Crippen LogP contribution in [0.1, 0.15) is 48.4 Å². The Morgan fingerprint density at radius 2 is 2.09 bits per heavy atom. The molecule has 5 heterocycles. The van der Waals surface area contributed by atoms with Crippen LogP contribution >= 0.6 is 34.4 Å². The molecule has 33 heavy (non-hydrogen) atoms. The Hall–Kier alpha value is -2.01. The molecule has 6 rings (SSSR count). The molecule has 4 aromatic rings. The lowest BCUT2D eigenvalue weighted by molar-refractivity contribution is 0.0953. The van der Waals surface area contributed by atoms with E-state index in [0.717, 1.165) is 70.7 Å². The highest BCUT2D eigenvalue weighted by molar-refractivity contribution is 7.98. The van der Waals surface area contributed by atoms with Crippen molar-refractivity contribution >= 4 is 50.5 Å². The van der Waals surface area contributed by atoms with Crippen LogP contribution in [0.2, 0.25) is 0 Å². The van der Waals surface area contributed by atoms with Gasteiger partial charge < -0.3 is 10.5 Å². The molecule has 172 valence electrons. The number of nitrogens with two attached hydrogens (primary N) is 1. The summed E-state index contributed by atoms with van der Waals surface area (Å²) in [5.74, 6) is 2.89. The molecular weight excluding hydrogens is 472 g/mol. The van der Waals surface area contributed by atoms with Gasteiger partial charge in [-0.1, -0.05) is 24.2 Å². The first-order chi connectivity index (χ1) is 16.3. The van der Waals surface area contributed by atoms with Gasteiger partial charge in [-0.25, -0.2) is 9.97 Å². The number of hydrogen-bond donors (Lipinski definition) is 1. The summed E-state index contributed by atoms with van der Waals surface area (Å²) in [5.41, 5.74) is 7.84. The molecule has 1 unspecified atom stereocenters. The van der Waals surface area contributed by atoms with Crippen molar-refractivity contribution in [1.82, 2.24) is 24.7 Å². The van der Waals surface area contributed by atoms with E-state index >= 15 is 0 Å². The van der Waals surface area contributed by atoms with Gasteiger partial charge in [-0.2, -0.15) is 0 Å². The van der Waals surface area contributed by atoms with E-state index in [9.17, 15) is 0 Å². The molecule has 0 spiro atoms. The van der Waals surface area contributed by atoms with E-state index in [1.807, 2.05) is 6.07 Å². The zero-order chi connectivity index (χ0) is 22.2. The molecule has 0 bridgehead atoms. The highest BCUT2D eigenvalue weighted by Crippen LogP contribution is 2.38. The molecule has 0 saturated carbocycles. The van der Waals surface area contributed by atoms with Crippen molar-refractivity contribution in [2.75, 3.05) is 12.3 Å². The average molecular weight is 499 g/mol. The van der Waals surface area contributed by atoms with Gasteiger partial charge in [0.2, 0.25) is 0 Å². The number of ether oxygens (including phenoxy) is 1. The normalized spacial score (nSPS) is 18.6. The standard InChI is InChI=1S/C23H26N6OS3/c24-20-19-15-7-2-1-3-8-16(15)33-22(19)26-18(25-20)13-32-23-28-27-21(17-9-5-11-31-17)29(23)12-14-6-4-10-30-14/h5,9,11,14H,1-4,6-8,10,12-13H2,(H2,24,25,26). The van der Waals surface area contributed by atoms with Crippen LogP contribution in [0.25, 0.3) is 20.9 Å². The van der Waals surface area contributed by atoms with Crippen LogP contribution in [-0.4, -0.2) is 37.4 Å². The van der Waals surface area contributed by atoms with Crippen LogP contribution in [0.15, 0.2) is 22.7 Å². The van der Waals surface area contributed by atoms with E-state index in [0.29, 0.717) is 11.6 Å². The highest BCUT2D eigenvalue weighted by atomic mass is 32.2. The van der Waals surface area contributed by atoms with E-state index in [1.165, 1.54) is 29.7 Å². The molecule has 1 saturated heterocycles. The number of anilines is 1. The van der Waals surface area contributed by atoms with Gasteiger partial charge in [0, 0.05) is 11.5 Å². The monoisotopic (exact) mass is 498 g/mol. The van der Waals surface area contributed by atoms with E-state index in [2.05, 4.69) is 31.2 Å². The Labute approximate surface area is 204 Å². The third-order valence-corrected chi connectivity index (χ3v) is 9.35. The van der Waals surface area contributed by atoms with Crippen LogP contribution in [-0.2, 0) is 29.9 Å². The van der Waals surface area contributed by atoms with Crippen molar-refractivity contribution in [2.45, 2.75) is 68.5 Å². The molecule has 1 aliphatic heterocycles. The molecule has 2 aliphatic rings. The molecule has 10 heteroatoms. The van der Waals surface area contributed by atoms with Crippen molar-refractivity contribution in [3.8, 4) is 10.7 Å². The Bertz CT molecular complexity index is 1260. The zero-order valence-electron chi connectivity index (χ0n) is 18.3. The lowest BCUT2D eigenvalue weighted by Crippen LogP contribution is -2.16. The predicted molar refractivity (Wildman–Crippen MR) is 135 cm³/mol. The maximum absolute atomic E-state index is 6.45. The van der Waals surface area contributed by atoms with Crippen LogP contribution < -0.4 is 5.73 Å². The Balaban J connectivity index is 1.27. The van der Waals surface area contributed by atoms with Crippen molar-refractivity contribution in [3.05, 3.63) is 33.8 Å². The zero-order valence-corrected chi connectivity index (χ0v) is 20.8. The molecular formula is C23H26N6OS3. The smallest absolute Gasteiger partial charge is 0.192 e. The van der Waals surface area contributed by atoms with Crippen LogP contribution in [0.4, 0.5) is 5.82 Å². The van der Waals surface area contributed by atoms with Gasteiger partial charge in [-0.15, -0.1) is 32.9 Å². The molecule has 0 aromatic carbocycles. The Morgan fingerprint density at radius 3 is 2.94 bits per heavy atom. The fourth-order valence-corrected chi connectivity index (χ4v) is 7.55. The van der Waals surface area contributed by atoms with Crippen LogP contribution in [0.5, 0.6) is 0 Å². The number of nitrogen functional groups attached to an aromatic ring is 1. The largest absolute Gasteiger partial charge is 0.383 e. The molecule has 1 aliphatic carbocycles. The summed E-state index contributed by atoms with van der Waals surface area (Å²) >= 11 is 5.10. The molecule has 4 aromatic heterocycles. The van der Waals surface area contributed by atoms with Gasteiger partial charge in [0.15, 0.2) is 11.0 Å². The number of thiophene rings is 2. The third-order valence-electron chi connectivity index (χ3n) is 6.34. The number of fused-ring (bicyclic) bond motifs is 3. The Kier molecular flexibility index (Phi) is 6.08. The van der Waals surface area contributed by atoms with Crippen molar-refractivity contribution in [2.24, 2.45) is 0 Å². The van der Waals surface area contributed by atoms with Crippen LogP contribution in [0.3, 0.4) is 0 Å². The second-order valence-electron chi connectivity index (χ2n) is 8.59. The van der Waals surface area contributed by atoms with Crippen molar-refractivity contribution in [1.29, 1.82) is 0 Å². The van der Waals surface area contributed by atoms with Crippen molar-refractivity contribution < 1.29 is 4.74 Å². The quantitative estimate of drug-likeness (QED) is 0.284. The molecule has 1 fully saturated rings. The van der Waals surface area contributed by atoms with Crippen molar-refractivity contribution in [3.63, 3.8) is 0 Å². The molecule has 2 N–H and O–H groups in total. The maximum Gasteiger partial charge on any atom is 0.192 e. The number of thioether (sulfide) groups is 1. The summed E-state index contributed by atoms with van der Waals surface area (Å²) in [6.45, 7) is 1.60. The number of rotatable bonds is 6. The number of nitrogens with zero attached hydrogens (tertiary/aromatic N) is 5. The first kappa shape index (κ1) is 21.5. The summed E-state index contributed by atoms with van der Waals surface area (Å²) in [7, 11) is 0. The topological polar surface area (TPSA) is 91.7 Å². The second kappa shape index (κ2) is 9.32. The molecule has 0 amide bonds. The maximum atomic E-state index is 6.45. The van der Waals surface area contributed by atoms with E-state index < -0.39 is 0 Å². The highest BCUT2D eigenvalue weighted by Gasteiger charge is 2.23. The SMILES string of the molecule is Nc1nc(CSc2nnc(-c3cccs3)n2CC2CCCO2)nc2sc3c(c12)CCCCC3. The second-order valence-corrected chi connectivity index (χ2v) is 11.6. The number of hydrogen-bond acceptors (Lipinski definition) is 9. The fraction of sp³-hybridized carbons (Fsp3) is 0.478. The third kappa shape index (κ3) is 4.29. The number of aryl methyl sites for hydroxylation is 2. The first-order valence-corrected chi connectivity index (χ1v) is 14.2. The van der Waals surface area contributed by atoms with Crippen LogP contribution in [0, 0.1) is 0 Å². The number of aromatic nitrogens is 5. The first-order valence-electron chi connectivity index (χ1n) is 11.5. The summed E-state index contributed by atoms with van der Waals surface area (Å²) < 4.78 is 8.10. The molecule has 7 nitrogen and oxygen atoms in total. The minimum atomic E-state index is 0.212. The lowest BCUT2D eigenvalue weighted by atomic mass is 10.1. The van der Waals surface area contributed by atoms with E-state index in [4.69, 9.17) is 15.5 Å². The van der Waals surface area contributed by atoms with Gasteiger partial charge in [-0.3, -0.25) is 4.57 Å². The van der Waals surface area contributed by atoms with Gasteiger partial charge in [0.05, 0.1) is 28.7 Å². The van der Waals surface area contributed by atoms with E-state index in [-0.39, 0.29) is 6.10 Å². The fourth-order valence-electron chi connectivity index (χ4n) is 4.74. The average Bonchev–Trinajstić information content (AvgIpc) is 3.60. The Morgan fingerprint density at radius 1 is 1.15 bits per heavy atom. The minimum Gasteiger partial charge on any atom is -0.383 e.